The molecule has 2 saturated carbocycles. The molecule has 2 fully saturated rings. The van der Waals surface area contributed by atoms with Gasteiger partial charge < -0.3 is 10.6 Å². The zero-order valence-electron chi connectivity index (χ0n) is 10.8. The van der Waals surface area contributed by atoms with Crippen molar-refractivity contribution in [3.05, 3.63) is 35.4 Å². The normalized spacial score (nSPS) is 20.3. The molecule has 18 heavy (non-hydrogen) atoms. The fourth-order valence-corrected chi connectivity index (χ4v) is 2.27. The Morgan fingerprint density at radius 2 is 1.83 bits per heavy atom. The van der Waals surface area contributed by atoms with E-state index in [1.807, 2.05) is 0 Å². The van der Waals surface area contributed by atoms with Crippen molar-refractivity contribution in [3.63, 3.8) is 0 Å². The number of hydrogen-bond donors (Lipinski definition) is 2. The molecule has 2 aliphatic carbocycles. The van der Waals surface area contributed by atoms with Crippen LogP contribution < -0.4 is 10.6 Å². The third kappa shape index (κ3) is 2.84. The minimum Gasteiger partial charge on any atom is -0.335 e. The van der Waals surface area contributed by atoms with Crippen LogP contribution in [-0.2, 0) is 0 Å². The SMILES string of the molecule is Cc1ccc(C(NC(=O)NC2CC2)C2CC2)cc1. The Labute approximate surface area is 108 Å². The molecule has 3 heteroatoms. The van der Waals surface area contributed by atoms with Crippen molar-refractivity contribution in [1.82, 2.24) is 10.6 Å². The van der Waals surface area contributed by atoms with Crippen LogP contribution in [0.1, 0.15) is 42.9 Å². The number of benzene rings is 1. The van der Waals surface area contributed by atoms with Gasteiger partial charge in [-0.3, -0.25) is 0 Å². The lowest BCUT2D eigenvalue weighted by molar-refractivity contribution is 0.235. The van der Waals surface area contributed by atoms with E-state index in [4.69, 9.17) is 0 Å². The predicted molar refractivity (Wildman–Crippen MR) is 71.3 cm³/mol. The lowest BCUT2D eigenvalue weighted by Gasteiger charge is -2.19. The Balaban J connectivity index is 1.67. The zero-order valence-corrected chi connectivity index (χ0v) is 10.8. The van der Waals surface area contributed by atoms with E-state index in [9.17, 15) is 4.79 Å². The molecule has 1 unspecified atom stereocenters. The van der Waals surface area contributed by atoms with Gasteiger partial charge in [0, 0.05) is 6.04 Å². The molecule has 3 rings (SSSR count). The molecule has 0 saturated heterocycles. The van der Waals surface area contributed by atoms with Crippen LogP contribution in [0.3, 0.4) is 0 Å². The smallest absolute Gasteiger partial charge is 0.315 e. The first kappa shape index (κ1) is 11.6. The van der Waals surface area contributed by atoms with Crippen molar-refractivity contribution >= 4 is 6.03 Å². The van der Waals surface area contributed by atoms with Crippen LogP contribution >= 0.6 is 0 Å². The predicted octanol–water partition coefficient (Wildman–Crippen LogP) is 2.91. The number of carbonyl (C=O) groups excluding carboxylic acids is 1. The molecule has 0 bridgehead atoms. The number of amides is 2. The molecule has 2 amide bonds. The average Bonchev–Trinajstić information content (AvgIpc) is 3.21. The summed E-state index contributed by atoms with van der Waals surface area (Å²) in [7, 11) is 0. The van der Waals surface area contributed by atoms with Gasteiger partial charge in [0.05, 0.1) is 6.04 Å². The van der Waals surface area contributed by atoms with E-state index in [1.165, 1.54) is 24.0 Å². The Morgan fingerprint density at radius 3 is 2.39 bits per heavy atom. The number of carbonyl (C=O) groups is 1. The van der Waals surface area contributed by atoms with Crippen molar-refractivity contribution in [2.75, 3.05) is 0 Å². The third-order valence-electron chi connectivity index (χ3n) is 3.73. The molecule has 2 N–H and O–H groups in total. The largest absolute Gasteiger partial charge is 0.335 e. The zero-order chi connectivity index (χ0) is 12.5. The Hall–Kier alpha value is -1.51. The summed E-state index contributed by atoms with van der Waals surface area (Å²) in [5.41, 5.74) is 2.49. The molecule has 2 aliphatic rings. The molecule has 0 spiro atoms. The van der Waals surface area contributed by atoms with Gasteiger partial charge in [-0.05, 0) is 44.1 Å². The fourth-order valence-electron chi connectivity index (χ4n) is 2.27. The van der Waals surface area contributed by atoms with Crippen LogP contribution in [0.25, 0.3) is 0 Å². The average molecular weight is 244 g/mol. The van der Waals surface area contributed by atoms with E-state index in [-0.39, 0.29) is 12.1 Å². The van der Waals surface area contributed by atoms with Crippen LogP contribution in [-0.4, -0.2) is 12.1 Å². The lowest BCUT2D eigenvalue weighted by atomic mass is 10.0. The number of hydrogen-bond acceptors (Lipinski definition) is 1. The Kier molecular flexibility index (Phi) is 2.98. The summed E-state index contributed by atoms with van der Waals surface area (Å²) in [4.78, 5) is 11.9. The van der Waals surface area contributed by atoms with E-state index < -0.39 is 0 Å². The summed E-state index contributed by atoms with van der Waals surface area (Å²) in [6.07, 6.45) is 4.71. The van der Waals surface area contributed by atoms with Gasteiger partial charge in [0.15, 0.2) is 0 Å². The highest BCUT2D eigenvalue weighted by Crippen LogP contribution is 2.41. The van der Waals surface area contributed by atoms with E-state index in [0.29, 0.717) is 12.0 Å². The second-order valence-corrected chi connectivity index (χ2v) is 5.62. The minimum absolute atomic E-state index is 0.00465. The second kappa shape index (κ2) is 4.63. The summed E-state index contributed by atoms with van der Waals surface area (Å²) >= 11 is 0. The summed E-state index contributed by atoms with van der Waals surface area (Å²) in [6.45, 7) is 2.09. The second-order valence-electron chi connectivity index (χ2n) is 5.62. The van der Waals surface area contributed by atoms with Crippen molar-refractivity contribution in [1.29, 1.82) is 0 Å². The van der Waals surface area contributed by atoms with Gasteiger partial charge in [-0.2, -0.15) is 0 Å². The number of urea groups is 1. The topological polar surface area (TPSA) is 41.1 Å². The number of aryl methyl sites for hydroxylation is 1. The van der Waals surface area contributed by atoms with Crippen molar-refractivity contribution in [2.45, 2.75) is 44.7 Å². The minimum atomic E-state index is -0.00465. The van der Waals surface area contributed by atoms with Gasteiger partial charge in [-0.25, -0.2) is 4.79 Å². The van der Waals surface area contributed by atoms with Gasteiger partial charge in [0.2, 0.25) is 0 Å². The van der Waals surface area contributed by atoms with Gasteiger partial charge in [-0.15, -0.1) is 0 Å². The van der Waals surface area contributed by atoms with Crippen LogP contribution in [0.2, 0.25) is 0 Å². The van der Waals surface area contributed by atoms with Crippen molar-refractivity contribution < 1.29 is 4.79 Å². The first-order chi connectivity index (χ1) is 8.72. The van der Waals surface area contributed by atoms with E-state index in [1.54, 1.807) is 0 Å². The summed E-state index contributed by atoms with van der Waals surface area (Å²) in [5.74, 6) is 0.623. The maximum Gasteiger partial charge on any atom is 0.315 e. The van der Waals surface area contributed by atoms with E-state index in [0.717, 1.165) is 12.8 Å². The number of rotatable bonds is 4. The molecular weight excluding hydrogens is 224 g/mol. The van der Waals surface area contributed by atoms with Crippen LogP contribution in [0.5, 0.6) is 0 Å². The first-order valence-electron chi connectivity index (χ1n) is 6.86. The van der Waals surface area contributed by atoms with Gasteiger partial charge in [0.1, 0.15) is 0 Å². The monoisotopic (exact) mass is 244 g/mol. The molecule has 0 heterocycles. The highest BCUT2D eigenvalue weighted by molar-refractivity contribution is 5.75. The van der Waals surface area contributed by atoms with Crippen LogP contribution in [0.4, 0.5) is 4.79 Å². The molecule has 96 valence electrons. The molecule has 1 aromatic carbocycles. The standard InChI is InChI=1S/C15H20N2O/c1-10-2-4-11(5-3-10)14(12-6-7-12)17-15(18)16-13-8-9-13/h2-5,12-14H,6-9H2,1H3,(H2,16,17,18). The summed E-state index contributed by atoms with van der Waals surface area (Å²) in [5, 5.41) is 6.13. The van der Waals surface area contributed by atoms with Crippen molar-refractivity contribution in [2.24, 2.45) is 5.92 Å². The summed E-state index contributed by atoms with van der Waals surface area (Å²) in [6, 6.07) is 9.10. The first-order valence-corrected chi connectivity index (χ1v) is 6.86. The quantitative estimate of drug-likeness (QED) is 0.840. The van der Waals surface area contributed by atoms with Gasteiger partial charge in [-0.1, -0.05) is 29.8 Å². The third-order valence-corrected chi connectivity index (χ3v) is 3.73. The van der Waals surface area contributed by atoms with Gasteiger partial charge >= 0.3 is 6.03 Å². The maximum absolute atomic E-state index is 11.9. The van der Waals surface area contributed by atoms with Gasteiger partial charge in [0.25, 0.3) is 0 Å². The number of nitrogens with one attached hydrogen (secondary N) is 2. The van der Waals surface area contributed by atoms with E-state index >= 15 is 0 Å². The Bertz CT molecular complexity index is 432. The van der Waals surface area contributed by atoms with E-state index in [2.05, 4.69) is 41.8 Å². The molecule has 0 aliphatic heterocycles. The fraction of sp³-hybridized carbons (Fsp3) is 0.533. The molecule has 0 aromatic heterocycles. The molecule has 3 nitrogen and oxygen atoms in total. The molecule has 1 aromatic rings. The van der Waals surface area contributed by atoms with Crippen molar-refractivity contribution in [3.8, 4) is 0 Å². The molecular formula is C15H20N2O. The maximum atomic E-state index is 11.9. The highest BCUT2D eigenvalue weighted by atomic mass is 16.2. The molecule has 0 radical (unpaired) electrons. The Morgan fingerprint density at radius 1 is 1.17 bits per heavy atom. The molecule has 1 atom stereocenters. The highest BCUT2D eigenvalue weighted by Gasteiger charge is 2.34. The summed E-state index contributed by atoms with van der Waals surface area (Å²) < 4.78 is 0. The van der Waals surface area contributed by atoms with Crippen LogP contribution in [0, 0.1) is 12.8 Å². The van der Waals surface area contributed by atoms with Crippen LogP contribution in [0.15, 0.2) is 24.3 Å². The lowest BCUT2D eigenvalue weighted by Crippen LogP contribution is -2.39.